The quantitative estimate of drug-likeness (QED) is 0.162. The van der Waals surface area contributed by atoms with Gasteiger partial charge in [-0.3, -0.25) is 4.98 Å². The predicted octanol–water partition coefficient (Wildman–Crippen LogP) is 11.3. The second kappa shape index (κ2) is 12.8. The van der Waals surface area contributed by atoms with Crippen molar-refractivity contribution in [1.29, 1.82) is 0 Å². The maximum Gasteiger partial charge on any atom is 0.266 e. The first-order valence-corrected chi connectivity index (χ1v) is 23.3. The first kappa shape index (κ1) is 36.0. The Morgan fingerprint density at radius 1 is 0.333 bits per heavy atom. The van der Waals surface area contributed by atoms with Crippen LogP contribution in [-0.2, 0) is 0 Å². The van der Waals surface area contributed by atoms with Crippen molar-refractivity contribution in [2.45, 2.75) is 0 Å². The average molecular weight is 884 g/mol. The summed E-state index contributed by atoms with van der Waals surface area (Å²) in [4.78, 5) is 9.39. The second-order valence-corrected chi connectivity index (χ2v) is 18.5. The van der Waals surface area contributed by atoms with E-state index in [-0.39, 0.29) is 13.4 Å². The first-order valence-electron chi connectivity index (χ1n) is 23.3. The van der Waals surface area contributed by atoms with Gasteiger partial charge < -0.3 is 33.2 Å². The minimum Gasteiger partial charge on any atom is -0.458 e. The predicted molar refractivity (Wildman–Crippen MR) is 274 cm³/mol. The molecule has 0 fully saturated rings. The number of rotatable bonds is 4. The Hall–Kier alpha value is -9.14. The van der Waals surface area contributed by atoms with Gasteiger partial charge in [-0.2, -0.15) is 0 Å². The molecule has 8 heterocycles. The molecule has 0 amide bonds. The number of hydrogen-bond donors (Lipinski definition) is 0. The van der Waals surface area contributed by atoms with Crippen LogP contribution in [0.25, 0.3) is 44.3 Å². The Kier molecular flexibility index (Phi) is 6.71. The SMILES string of the molecule is c1ccc(N2c3cccc4c3B3c5c(cc(-c6cc7c8c(c6)Oc6cc(-c9ccc%10oc%11cccnc%11c%10c9)cc9c6B8c6c(cccc6N9c6ccccc6)O7)cc5Oc5cccc2c53)O4)cc1. The molecule has 0 aliphatic carbocycles. The van der Waals surface area contributed by atoms with Crippen molar-refractivity contribution in [2.24, 2.45) is 0 Å². The number of nitrogens with zero attached hydrogens (tertiary/aromatic N) is 3. The van der Waals surface area contributed by atoms with Crippen LogP contribution in [0.5, 0.6) is 46.0 Å². The van der Waals surface area contributed by atoms with Crippen molar-refractivity contribution in [3.05, 3.63) is 188 Å². The first-order chi connectivity index (χ1) is 34.2. The van der Waals surface area contributed by atoms with Gasteiger partial charge in [-0.15, -0.1) is 0 Å². The highest BCUT2D eigenvalue weighted by atomic mass is 16.5. The fraction of sp³-hybridized carbons (Fsp3) is 0. The fourth-order valence-electron chi connectivity index (χ4n) is 12.2. The van der Waals surface area contributed by atoms with Gasteiger partial charge in [-0.25, -0.2) is 0 Å². The molecule has 69 heavy (non-hydrogen) atoms. The highest BCUT2D eigenvalue weighted by molar-refractivity contribution is 7.01. The zero-order chi connectivity index (χ0) is 44.6. The van der Waals surface area contributed by atoms with Crippen LogP contribution >= 0.6 is 0 Å². The van der Waals surface area contributed by atoms with Crippen LogP contribution < -0.4 is 61.5 Å². The number of benzene rings is 9. The Balaban J connectivity index is 0.848. The largest absolute Gasteiger partial charge is 0.458 e. The molecule has 10 heteroatoms. The van der Waals surface area contributed by atoms with Crippen molar-refractivity contribution in [3.63, 3.8) is 0 Å². The minimum atomic E-state index is -0.129. The summed E-state index contributed by atoms with van der Waals surface area (Å²) in [5.74, 6) is 6.39. The number of aromatic nitrogens is 1. The zero-order valence-corrected chi connectivity index (χ0v) is 36.4. The van der Waals surface area contributed by atoms with Gasteiger partial charge in [-0.05, 0) is 165 Å². The standard InChI is InChI=1S/C59H31B2N3O5/c1-3-11-36(12-4-1)63-39-15-7-18-44-53(39)60-54-40(63)16-8-19-45(54)67-50-29-34(28-49(66-44)57(50)60)35-30-51-58-52(31-35)69-48-27-33(32-22-23-43-38(25-32)59-47(65-43)21-10-24-62-59)26-42-56(48)61(58)55-41(17-9-20-46(55)68-51)64(42)37-13-5-2-6-14-37/h1-31H. The summed E-state index contributed by atoms with van der Waals surface area (Å²) < 4.78 is 34.4. The van der Waals surface area contributed by atoms with Crippen molar-refractivity contribution in [1.82, 2.24) is 4.98 Å². The van der Waals surface area contributed by atoms with Crippen molar-refractivity contribution >= 4 is 102 Å². The lowest BCUT2D eigenvalue weighted by Crippen LogP contribution is -2.61. The van der Waals surface area contributed by atoms with Crippen LogP contribution in [0.2, 0.25) is 0 Å². The van der Waals surface area contributed by atoms with Gasteiger partial charge in [0.2, 0.25) is 0 Å². The molecule has 0 radical (unpaired) electrons. The van der Waals surface area contributed by atoms with E-state index in [0.717, 1.165) is 157 Å². The molecule has 2 aromatic heterocycles. The van der Waals surface area contributed by atoms with Gasteiger partial charge in [0, 0.05) is 56.6 Å². The summed E-state index contributed by atoms with van der Waals surface area (Å²) in [7, 11) is 0. The molecule has 6 aliphatic rings. The van der Waals surface area contributed by atoms with E-state index in [4.69, 9.17) is 28.3 Å². The average Bonchev–Trinajstić information content (AvgIpc) is 3.77. The molecular weight excluding hydrogens is 852 g/mol. The zero-order valence-electron chi connectivity index (χ0n) is 36.4. The molecule has 9 aromatic carbocycles. The lowest BCUT2D eigenvalue weighted by atomic mass is 9.33. The van der Waals surface area contributed by atoms with Crippen LogP contribution in [0.4, 0.5) is 34.1 Å². The van der Waals surface area contributed by atoms with E-state index in [1.165, 1.54) is 0 Å². The Labute approximate surface area is 395 Å². The monoisotopic (exact) mass is 883 g/mol. The lowest BCUT2D eigenvalue weighted by molar-refractivity contribution is 0.462. The number of para-hydroxylation sites is 2. The van der Waals surface area contributed by atoms with Gasteiger partial charge in [0.15, 0.2) is 5.58 Å². The number of pyridine rings is 1. The van der Waals surface area contributed by atoms with Gasteiger partial charge in [0.25, 0.3) is 13.4 Å². The topological polar surface area (TPSA) is 69.4 Å². The number of fused-ring (bicyclic) bond motifs is 3. The third-order valence-electron chi connectivity index (χ3n) is 15.0. The molecule has 0 atom stereocenters. The van der Waals surface area contributed by atoms with E-state index in [1.54, 1.807) is 0 Å². The van der Waals surface area contributed by atoms with Gasteiger partial charge in [0.05, 0.1) is 0 Å². The number of furan rings is 1. The van der Waals surface area contributed by atoms with Crippen LogP contribution in [0, 0.1) is 0 Å². The molecule has 318 valence electrons. The second-order valence-electron chi connectivity index (χ2n) is 18.5. The third-order valence-corrected chi connectivity index (χ3v) is 15.0. The number of ether oxygens (including phenoxy) is 4. The Morgan fingerprint density at radius 3 is 1.33 bits per heavy atom. The van der Waals surface area contributed by atoms with Crippen LogP contribution in [0.3, 0.4) is 0 Å². The summed E-state index contributed by atoms with van der Waals surface area (Å²) in [6, 6.07) is 63.6. The lowest BCUT2D eigenvalue weighted by Gasteiger charge is -2.43. The van der Waals surface area contributed by atoms with Crippen LogP contribution in [0.1, 0.15) is 0 Å². The molecule has 11 aromatic rings. The van der Waals surface area contributed by atoms with E-state index in [9.17, 15) is 0 Å². The maximum absolute atomic E-state index is 7.25. The summed E-state index contributed by atoms with van der Waals surface area (Å²) >= 11 is 0. The summed E-state index contributed by atoms with van der Waals surface area (Å²) in [5.41, 5.74) is 19.4. The van der Waals surface area contributed by atoms with E-state index >= 15 is 0 Å². The summed E-state index contributed by atoms with van der Waals surface area (Å²) in [6.45, 7) is -0.187. The molecule has 0 bridgehead atoms. The van der Waals surface area contributed by atoms with Crippen LogP contribution in [-0.4, -0.2) is 18.4 Å². The molecule has 0 N–H and O–H groups in total. The van der Waals surface area contributed by atoms with E-state index in [0.29, 0.717) is 0 Å². The van der Waals surface area contributed by atoms with Gasteiger partial charge in [-0.1, -0.05) is 60.7 Å². The van der Waals surface area contributed by atoms with Crippen molar-refractivity contribution in [2.75, 3.05) is 9.80 Å². The molecule has 6 aliphatic heterocycles. The summed E-state index contributed by atoms with van der Waals surface area (Å²) in [6.07, 6.45) is 1.81. The normalized spacial score (nSPS) is 14.1. The molecule has 0 unspecified atom stereocenters. The summed E-state index contributed by atoms with van der Waals surface area (Å²) in [5, 5.41) is 0.969. The van der Waals surface area contributed by atoms with Crippen molar-refractivity contribution < 1.29 is 23.4 Å². The van der Waals surface area contributed by atoms with E-state index in [1.807, 2.05) is 24.4 Å². The van der Waals surface area contributed by atoms with Crippen molar-refractivity contribution in [3.8, 4) is 68.2 Å². The molecule has 0 saturated carbocycles. The highest BCUT2D eigenvalue weighted by Gasteiger charge is 2.50. The van der Waals surface area contributed by atoms with E-state index < -0.39 is 0 Å². The Morgan fingerprint density at radius 2 is 0.797 bits per heavy atom. The van der Waals surface area contributed by atoms with Gasteiger partial charge in [0.1, 0.15) is 57.1 Å². The van der Waals surface area contributed by atoms with Crippen LogP contribution in [0.15, 0.2) is 193 Å². The highest BCUT2D eigenvalue weighted by Crippen LogP contribution is 2.50. The molecule has 17 rings (SSSR count). The third kappa shape index (κ3) is 4.72. The number of hydrogen-bond acceptors (Lipinski definition) is 8. The fourth-order valence-corrected chi connectivity index (χ4v) is 12.2. The molecule has 0 saturated heterocycles. The van der Waals surface area contributed by atoms with Gasteiger partial charge >= 0.3 is 0 Å². The molecule has 8 nitrogen and oxygen atoms in total. The molecule has 0 spiro atoms. The van der Waals surface area contributed by atoms with E-state index in [2.05, 4.69) is 174 Å². The number of anilines is 6. The minimum absolute atomic E-state index is 0.0585. The maximum atomic E-state index is 7.25. The smallest absolute Gasteiger partial charge is 0.266 e. The molecular formula is C59H31B2N3O5. The Bertz CT molecular complexity index is 4060.